The van der Waals surface area contributed by atoms with Crippen molar-refractivity contribution in [2.45, 2.75) is 198 Å². The molecule has 0 aliphatic heterocycles. The molecule has 32 nitrogen and oxygen atoms in total. The predicted molar refractivity (Wildman–Crippen MR) is 468 cm³/mol. The molecule has 38 heteroatoms. The Morgan fingerprint density at radius 1 is 0.475 bits per heavy atom. The van der Waals surface area contributed by atoms with Crippen LogP contribution >= 0.6 is 37.2 Å². The molecular weight excluding hydrogens is 1950 g/mol. The number of nitrogens with zero attached hydrogens (tertiary/aromatic N) is 2. The Labute approximate surface area is 735 Å². The van der Waals surface area contributed by atoms with Crippen molar-refractivity contribution < 1.29 is 110 Å². The summed E-state index contributed by atoms with van der Waals surface area (Å²) in [7, 11) is -9.03. The van der Waals surface area contributed by atoms with Gasteiger partial charge in [0.1, 0.15) is 80.5 Å². The van der Waals surface area contributed by atoms with Gasteiger partial charge in [-0.3, -0.25) is 50.1 Å². The van der Waals surface area contributed by atoms with Gasteiger partial charge in [0.15, 0.2) is 24.8 Å². The number of amidine groups is 2. The third-order valence-corrected chi connectivity index (χ3v) is 20.6. The number of amides is 7. The molecule has 2 aliphatic rings. The van der Waals surface area contributed by atoms with Crippen molar-refractivity contribution in [1.82, 2.24) is 26.6 Å². The van der Waals surface area contributed by atoms with E-state index in [0.717, 1.165) is 103 Å². The van der Waals surface area contributed by atoms with E-state index in [2.05, 4.69) is 63.8 Å². The summed E-state index contributed by atoms with van der Waals surface area (Å²) < 4.78 is 97.2. The molecule has 0 saturated heterocycles. The van der Waals surface area contributed by atoms with Gasteiger partial charge in [-0.2, -0.15) is 0 Å². The van der Waals surface area contributed by atoms with Crippen LogP contribution in [0.1, 0.15) is 150 Å². The van der Waals surface area contributed by atoms with Crippen molar-refractivity contribution in [3.05, 3.63) is 220 Å². The number of nitrogens with one attached hydrogen (secondary N) is 6. The Balaban J connectivity index is 0.00000153. The third-order valence-electron chi connectivity index (χ3n) is 18.1. The van der Waals surface area contributed by atoms with Crippen LogP contribution in [0.2, 0.25) is 0 Å². The number of carboxylic acid groups (broad SMARTS) is 1. The standard InChI is InChI=1S/C29H39N7O4.C20H28N4O4.C9H13N3O.3C7H8O3S.3CH4.I3/c1-18(37)33-24(15-19-10-12-22(13-11-19)26(30)31)28(39)35-25(21-8-4-3-5-9-21)29(40)34-23(27(32)38)16-20-7-6-14-36(2)17-20;1-12(25)23-16(11-13-7-9-15(10-8-13)18(21)22)19(26)24-17(20(27)28)14-5-3-2-4-6-14;1-12-4-2-3-7(6-12)5-8(10)9(11)13;3*1-6-2-4-7(5-3-6)11(8,9)10;;;;1-3-2/h6-7,10-14,17,21,23-25H,3-5,8-9,15-16H2,1-2H3,(H7-,30,31,32,33,34,35,37,38,39,40);7-10,14,16-17H,2-6,11H2,1H3,(H3,21,22)(H,23,25)(H,24,26)(H,27,28);2-4,6,8H,5,10H2,1H3,(H-,11,13);3*2-5H,1H3,(H,8,9,10);3*1H4;/q;;;;;;;;;-1/t23-,24-,25?;16-,17?;8-;;;;;;;/m000......./s1. The van der Waals surface area contributed by atoms with Crippen molar-refractivity contribution in [2.75, 3.05) is 0 Å². The van der Waals surface area contributed by atoms with E-state index in [9.17, 15) is 82.4 Å². The molecule has 7 aromatic rings. The van der Waals surface area contributed by atoms with Gasteiger partial charge in [0.05, 0.1) is 26.3 Å². The van der Waals surface area contributed by atoms with Gasteiger partial charge in [-0.1, -0.05) is 150 Å². The Morgan fingerprint density at radius 2 is 0.792 bits per heavy atom. The van der Waals surface area contributed by atoms with Crippen molar-refractivity contribution >= 4 is 127 Å². The summed E-state index contributed by atoms with van der Waals surface area (Å²) in [5.41, 5.74) is 34.7. The predicted octanol–water partition coefficient (Wildman–Crippen LogP) is 1.72. The zero-order chi connectivity index (χ0) is 87.9. The number of hydrogen-bond donors (Lipinski definition) is 13. The number of primary amides is 2. The number of pyridine rings is 2. The molecule has 120 heavy (non-hydrogen) atoms. The summed E-state index contributed by atoms with van der Waals surface area (Å²) in [6.07, 6.45) is 17.7. The van der Waals surface area contributed by atoms with Crippen LogP contribution in [0.4, 0.5) is 0 Å². The molecular formula is C82H116I3N14O18S3-. The number of aromatic nitrogens is 2. The van der Waals surface area contributed by atoms with Gasteiger partial charge in [-0.15, -0.1) is 0 Å². The number of rotatable bonds is 26. The summed E-state index contributed by atoms with van der Waals surface area (Å²) in [4.78, 5) is 97.6. The SMILES string of the molecule is C.C.C.CC(=O)N[C@@H](Cc1ccc(C(=N)N)cc1)C(=O)NC(C(=O)O)C1CCCCC1.CC(=O)N[C@@H](Cc1ccc(C(N)=[NH2+])cc1)C(=O)NC(C(=O)N[C@@H](Cc1ccc[n+](C)c1)C(N)=O)C1CCCCC1.C[n+]1cccc(C[C@H](N)C(N)=O)c1.Cc1ccc(S(=O)(=O)[O-])cc1.Cc1ccc(S(=O)(=O)[O-])cc1.Cc1ccc(S(=O)(=O)[O-])cc1.I[I-]I. The number of halogens is 3. The number of carbonyl (C=O) groups is 8. The zero-order valence-electron chi connectivity index (χ0n) is 65.8. The second-order valence-electron chi connectivity index (χ2n) is 27.8. The minimum atomic E-state index is -4.27. The van der Waals surface area contributed by atoms with E-state index >= 15 is 0 Å². The summed E-state index contributed by atoms with van der Waals surface area (Å²) in [6.45, 7) is 8.11. The number of nitrogens with two attached hydrogens (primary N) is 6. The summed E-state index contributed by atoms with van der Waals surface area (Å²) in [5, 5.41) is 36.2. The molecule has 6 atom stereocenters. The van der Waals surface area contributed by atoms with E-state index in [1.165, 1.54) is 50.2 Å². The van der Waals surface area contributed by atoms with E-state index in [1.54, 1.807) is 84.9 Å². The van der Waals surface area contributed by atoms with Gasteiger partial charge in [-0.05, 0) is 130 Å². The summed E-state index contributed by atoms with van der Waals surface area (Å²) in [6, 6.07) is 33.5. The van der Waals surface area contributed by atoms with E-state index in [0.29, 0.717) is 30.8 Å². The van der Waals surface area contributed by atoms with Crippen LogP contribution < -0.4 is 83.1 Å². The normalized spacial score (nSPS) is 13.8. The molecule has 9 rings (SSSR count). The van der Waals surface area contributed by atoms with Gasteiger partial charge in [0.25, 0.3) is 5.84 Å². The number of nitrogen functional groups attached to an aromatic ring is 1. The van der Waals surface area contributed by atoms with E-state index in [1.807, 2.05) is 93.1 Å². The second kappa shape index (κ2) is 55.8. The van der Waals surface area contributed by atoms with Gasteiger partial charge < -0.3 is 68.3 Å². The van der Waals surface area contributed by atoms with Crippen molar-refractivity contribution in [3.8, 4) is 0 Å². The van der Waals surface area contributed by atoms with Gasteiger partial charge in [-0.25, -0.2) is 39.2 Å². The Kier molecular flexibility index (Phi) is 51.6. The average Bonchev–Trinajstić information content (AvgIpc) is 0.797. The van der Waals surface area contributed by atoms with Crippen LogP contribution in [-0.2, 0) is 108 Å². The van der Waals surface area contributed by atoms with E-state index < -0.39 is 102 Å². The van der Waals surface area contributed by atoms with Crippen molar-refractivity contribution in [3.63, 3.8) is 0 Å². The molecule has 5 aromatic carbocycles. The topological polar surface area (TPSA) is 576 Å². The molecule has 2 fully saturated rings. The molecule has 19 N–H and O–H groups in total. The monoisotopic (exact) mass is 2060 g/mol. The van der Waals surface area contributed by atoms with Gasteiger partial charge in [0, 0.05) is 68.4 Å². The molecule has 2 unspecified atom stereocenters. The van der Waals surface area contributed by atoms with Gasteiger partial charge >= 0.3 is 56.5 Å². The first-order valence-corrected chi connectivity index (χ1v) is 53.4. The molecule has 2 aliphatic carbocycles. The van der Waals surface area contributed by atoms with Crippen LogP contribution in [0.5, 0.6) is 0 Å². The molecule has 7 amide bonds. The Hall–Kier alpha value is -9.02. The van der Waals surface area contributed by atoms with Crippen LogP contribution in [0.15, 0.2) is 185 Å². The fourth-order valence-electron chi connectivity index (χ4n) is 12.0. The molecule has 0 spiro atoms. The van der Waals surface area contributed by atoms with E-state index in [4.69, 9.17) is 39.5 Å². The van der Waals surface area contributed by atoms with Crippen molar-refractivity contribution in [2.24, 2.45) is 54.6 Å². The average molecular weight is 2060 g/mol. The molecule has 2 heterocycles. The fraction of sp³-hybridized carbons (Fsp3) is 0.390. The minimum absolute atomic E-state index is 0. The number of carbonyl (C=O) groups excluding carboxylic acids is 7. The number of hydrogen-bond acceptors (Lipinski definition) is 19. The molecule has 662 valence electrons. The first-order chi connectivity index (χ1) is 54.8. The van der Waals surface area contributed by atoms with Crippen molar-refractivity contribution in [1.29, 1.82) is 5.41 Å². The van der Waals surface area contributed by atoms with Crippen LogP contribution in [0.3, 0.4) is 0 Å². The van der Waals surface area contributed by atoms with Gasteiger partial charge in [0.2, 0.25) is 41.4 Å². The summed E-state index contributed by atoms with van der Waals surface area (Å²) in [5.74, 6) is -4.47. The second-order valence-corrected chi connectivity index (χ2v) is 48.2. The number of aliphatic carboxylic acids is 1. The summed E-state index contributed by atoms with van der Waals surface area (Å²) >= 11 is 5.30. The number of aryl methyl sites for hydroxylation is 5. The van der Waals surface area contributed by atoms with Crippen LogP contribution in [0, 0.1) is 38.0 Å². The third kappa shape index (κ3) is 43.5. The van der Waals surface area contributed by atoms with E-state index in [-0.39, 0.29) is 91.6 Å². The zero-order valence-corrected chi connectivity index (χ0v) is 74.7. The number of benzene rings is 5. The first kappa shape index (κ1) is 111. The molecule has 0 bridgehead atoms. The first-order valence-electron chi connectivity index (χ1n) is 36.6. The number of carboxylic acids is 1. The Morgan fingerprint density at radius 3 is 1.08 bits per heavy atom. The maximum absolute atomic E-state index is 13.6. The fourth-order valence-corrected chi connectivity index (χ4v) is 13.4. The maximum atomic E-state index is 13.6. The molecule has 2 aromatic heterocycles. The van der Waals surface area contributed by atoms with Crippen LogP contribution in [0.25, 0.3) is 0 Å². The molecule has 2 saturated carbocycles. The Bertz CT molecular complexity index is 4630. The molecule has 0 radical (unpaired) electrons. The van der Waals surface area contributed by atoms with Crippen LogP contribution in [-0.4, -0.2) is 139 Å². The quantitative estimate of drug-likeness (QED) is 0.0121.